The van der Waals surface area contributed by atoms with Gasteiger partial charge >= 0.3 is 0 Å². The highest BCUT2D eigenvalue weighted by atomic mass is 16.1. The Morgan fingerprint density at radius 1 is 1.31 bits per heavy atom. The first-order chi connectivity index (χ1) is 7.66. The molecule has 0 spiro atoms. The largest absolute Gasteiger partial charge is 0.356 e. The van der Waals surface area contributed by atoms with Crippen LogP contribution in [0.15, 0.2) is 0 Å². The van der Waals surface area contributed by atoms with Crippen LogP contribution in [0.1, 0.15) is 39.5 Å². The lowest BCUT2D eigenvalue weighted by Gasteiger charge is -2.17. The molecule has 2 rings (SSSR count). The molecule has 1 amide bonds. The van der Waals surface area contributed by atoms with Crippen molar-refractivity contribution in [3.05, 3.63) is 0 Å². The Hall–Kier alpha value is -0.570. The summed E-state index contributed by atoms with van der Waals surface area (Å²) in [5.41, 5.74) is 0. The average molecular weight is 224 g/mol. The van der Waals surface area contributed by atoms with Gasteiger partial charge in [-0.1, -0.05) is 13.3 Å². The van der Waals surface area contributed by atoms with Gasteiger partial charge in [-0.05, 0) is 44.6 Å². The van der Waals surface area contributed by atoms with Gasteiger partial charge in [-0.15, -0.1) is 0 Å². The molecule has 4 unspecified atom stereocenters. The molecule has 1 saturated heterocycles. The summed E-state index contributed by atoms with van der Waals surface area (Å²) in [6.07, 6.45) is 4.91. The van der Waals surface area contributed by atoms with Gasteiger partial charge in [0.25, 0.3) is 0 Å². The molecular weight excluding hydrogens is 200 g/mol. The summed E-state index contributed by atoms with van der Waals surface area (Å²) < 4.78 is 0. The van der Waals surface area contributed by atoms with E-state index >= 15 is 0 Å². The molecule has 0 aromatic carbocycles. The summed E-state index contributed by atoms with van der Waals surface area (Å²) in [6.45, 7) is 6.30. The second-order valence-corrected chi connectivity index (χ2v) is 5.67. The third-order valence-corrected chi connectivity index (χ3v) is 4.23. The first kappa shape index (κ1) is 11.9. The highest BCUT2D eigenvalue weighted by molar-refractivity contribution is 5.79. The van der Waals surface area contributed by atoms with Gasteiger partial charge in [0.15, 0.2) is 0 Å². The second kappa shape index (κ2) is 5.17. The molecule has 1 aliphatic carbocycles. The van der Waals surface area contributed by atoms with Crippen LogP contribution < -0.4 is 10.6 Å². The fourth-order valence-electron chi connectivity index (χ4n) is 3.10. The van der Waals surface area contributed by atoms with Crippen LogP contribution in [-0.4, -0.2) is 25.0 Å². The van der Waals surface area contributed by atoms with E-state index in [-0.39, 0.29) is 11.8 Å². The zero-order valence-electron chi connectivity index (χ0n) is 10.5. The van der Waals surface area contributed by atoms with E-state index in [2.05, 4.69) is 24.5 Å². The van der Waals surface area contributed by atoms with Crippen LogP contribution in [0.2, 0.25) is 0 Å². The maximum atomic E-state index is 11.9. The number of hydrogen-bond acceptors (Lipinski definition) is 2. The van der Waals surface area contributed by atoms with E-state index in [9.17, 15) is 4.79 Å². The maximum absolute atomic E-state index is 11.9. The zero-order chi connectivity index (χ0) is 11.5. The Morgan fingerprint density at radius 2 is 2.12 bits per heavy atom. The van der Waals surface area contributed by atoms with Gasteiger partial charge in [0.1, 0.15) is 0 Å². The van der Waals surface area contributed by atoms with Crippen LogP contribution >= 0.6 is 0 Å². The van der Waals surface area contributed by atoms with Crippen molar-refractivity contribution in [3.63, 3.8) is 0 Å². The quantitative estimate of drug-likeness (QED) is 0.763. The Bertz CT molecular complexity index is 254. The lowest BCUT2D eigenvalue weighted by atomic mass is 10.0. The van der Waals surface area contributed by atoms with Crippen molar-refractivity contribution in [2.24, 2.45) is 17.8 Å². The van der Waals surface area contributed by atoms with Gasteiger partial charge in [-0.25, -0.2) is 0 Å². The summed E-state index contributed by atoms with van der Waals surface area (Å²) >= 11 is 0. The van der Waals surface area contributed by atoms with Gasteiger partial charge in [-0.3, -0.25) is 4.79 Å². The molecule has 16 heavy (non-hydrogen) atoms. The first-order valence-electron chi connectivity index (χ1n) is 6.68. The number of carbonyl (C=O) groups excluding carboxylic acids is 1. The fourth-order valence-corrected chi connectivity index (χ4v) is 3.10. The second-order valence-electron chi connectivity index (χ2n) is 5.67. The van der Waals surface area contributed by atoms with Crippen molar-refractivity contribution in [1.29, 1.82) is 0 Å². The van der Waals surface area contributed by atoms with Crippen molar-refractivity contribution in [2.45, 2.75) is 45.6 Å². The van der Waals surface area contributed by atoms with Crippen LogP contribution in [0.5, 0.6) is 0 Å². The van der Waals surface area contributed by atoms with E-state index < -0.39 is 0 Å². The molecule has 3 nitrogen and oxygen atoms in total. The molecule has 0 aromatic heterocycles. The molecule has 1 heterocycles. The van der Waals surface area contributed by atoms with Crippen LogP contribution in [0.25, 0.3) is 0 Å². The smallest absolute Gasteiger partial charge is 0.224 e. The van der Waals surface area contributed by atoms with E-state index in [1.54, 1.807) is 0 Å². The standard InChI is InChI=1S/C13H24N2O/c1-9-3-4-11(7-9)8-15-13(16)12-5-6-14-10(12)2/h9-12,14H,3-8H2,1-2H3,(H,15,16). The SMILES string of the molecule is CC1CCC(CNC(=O)C2CCNC2C)C1. The molecule has 2 fully saturated rings. The highest BCUT2D eigenvalue weighted by Crippen LogP contribution is 2.29. The minimum absolute atomic E-state index is 0.193. The van der Waals surface area contributed by atoms with Crippen molar-refractivity contribution in [2.75, 3.05) is 13.1 Å². The Balaban J connectivity index is 1.71. The fraction of sp³-hybridized carbons (Fsp3) is 0.923. The number of carbonyl (C=O) groups is 1. The number of amides is 1. The van der Waals surface area contributed by atoms with E-state index in [1.807, 2.05) is 0 Å². The topological polar surface area (TPSA) is 41.1 Å². The minimum Gasteiger partial charge on any atom is -0.356 e. The maximum Gasteiger partial charge on any atom is 0.224 e. The molecule has 0 aromatic rings. The van der Waals surface area contributed by atoms with E-state index in [1.165, 1.54) is 19.3 Å². The number of nitrogens with one attached hydrogen (secondary N) is 2. The van der Waals surface area contributed by atoms with Gasteiger partial charge in [0.05, 0.1) is 5.92 Å². The Labute approximate surface area is 98.4 Å². The lowest BCUT2D eigenvalue weighted by Crippen LogP contribution is -2.38. The molecule has 0 radical (unpaired) electrons. The van der Waals surface area contributed by atoms with Crippen molar-refractivity contribution in [3.8, 4) is 0 Å². The summed E-state index contributed by atoms with van der Waals surface area (Å²) in [4.78, 5) is 11.9. The highest BCUT2D eigenvalue weighted by Gasteiger charge is 2.30. The van der Waals surface area contributed by atoms with Gasteiger partial charge in [0, 0.05) is 12.6 Å². The van der Waals surface area contributed by atoms with Gasteiger partial charge in [-0.2, -0.15) is 0 Å². The molecule has 0 bridgehead atoms. The summed E-state index contributed by atoms with van der Waals surface area (Å²) in [7, 11) is 0. The molecule has 92 valence electrons. The predicted octanol–water partition coefficient (Wildman–Crippen LogP) is 1.54. The summed E-state index contributed by atoms with van der Waals surface area (Å²) in [6, 6.07) is 0.350. The molecular formula is C13H24N2O. The number of hydrogen-bond donors (Lipinski definition) is 2. The summed E-state index contributed by atoms with van der Waals surface area (Å²) in [5, 5.41) is 6.46. The zero-order valence-corrected chi connectivity index (χ0v) is 10.5. The van der Waals surface area contributed by atoms with Crippen molar-refractivity contribution < 1.29 is 4.79 Å². The molecule has 2 N–H and O–H groups in total. The summed E-state index contributed by atoms with van der Waals surface area (Å²) in [5.74, 6) is 2.04. The number of rotatable bonds is 3. The van der Waals surface area contributed by atoms with Crippen LogP contribution in [-0.2, 0) is 4.79 Å². The van der Waals surface area contributed by atoms with E-state index in [4.69, 9.17) is 0 Å². The minimum atomic E-state index is 0.193. The Morgan fingerprint density at radius 3 is 2.69 bits per heavy atom. The van der Waals surface area contributed by atoms with Crippen molar-refractivity contribution in [1.82, 2.24) is 10.6 Å². The predicted molar refractivity (Wildman–Crippen MR) is 65.1 cm³/mol. The molecule has 1 saturated carbocycles. The molecule has 4 atom stereocenters. The lowest BCUT2D eigenvalue weighted by molar-refractivity contribution is -0.125. The average Bonchev–Trinajstić information content (AvgIpc) is 2.84. The van der Waals surface area contributed by atoms with Crippen molar-refractivity contribution >= 4 is 5.91 Å². The molecule has 1 aliphatic heterocycles. The third kappa shape index (κ3) is 2.76. The van der Waals surface area contributed by atoms with Crippen LogP contribution in [0.4, 0.5) is 0 Å². The van der Waals surface area contributed by atoms with Gasteiger partial charge in [0.2, 0.25) is 5.91 Å². The first-order valence-corrected chi connectivity index (χ1v) is 6.68. The van der Waals surface area contributed by atoms with Crippen LogP contribution in [0.3, 0.4) is 0 Å². The Kier molecular flexibility index (Phi) is 3.85. The van der Waals surface area contributed by atoms with E-state index in [0.717, 1.165) is 31.3 Å². The monoisotopic (exact) mass is 224 g/mol. The third-order valence-electron chi connectivity index (χ3n) is 4.23. The van der Waals surface area contributed by atoms with Crippen LogP contribution in [0, 0.1) is 17.8 Å². The molecule has 2 aliphatic rings. The normalized spacial score (nSPS) is 38.9. The van der Waals surface area contributed by atoms with E-state index in [0.29, 0.717) is 6.04 Å². The van der Waals surface area contributed by atoms with Gasteiger partial charge < -0.3 is 10.6 Å². The molecule has 3 heteroatoms.